The van der Waals surface area contributed by atoms with Crippen molar-refractivity contribution in [1.29, 1.82) is 0 Å². The molecular formula is C15H19N3S2. The van der Waals surface area contributed by atoms with Gasteiger partial charge in [-0.3, -0.25) is 0 Å². The lowest BCUT2D eigenvalue weighted by Crippen LogP contribution is -2.06. The smallest absolute Gasteiger partial charge is 0.206 e. The summed E-state index contributed by atoms with van der Waals surface area (Å²) in [7, 11) is 0. The minimum Gasteiger partial charge on any atom is -0.360 e. The summed E-state index contributed by atoms with van der Waals surface area (Å²) in [6.07, 6.45) is 4.83. The van der Waals surface area contributed by atoms with Gasteiger partial charge in [-0.15, -0.1) is 10.2 Å². The summed E-state index contributed by atoms with van der Waals surface area (Å²) in [6, 6.07) is 8.81. The van der Waals surface area contributed by atoms with E-state index in [-0.39, 0.29) is 0 Å². The van der Waals surface area contributed by atoms with Crippen LogP contribution in [0.1, 0.15) is 42.6 Å². The fraction of sp³-hybridized carbons (Fsp3) is 0.467. The molecule has 3 nitrogen and oxygen atoms in total. The van der Waals surface area contributed by atoms with Crippen molar-refractivity contribution in [2.45, 2.75) is 42.2 Å². The zero-order valence-electron chi connectivity index (χ0n) is 11.6. The summed E-state index contributed by atoms with van der Waals surface area (Å²) in [4.78, 5) is 0. The van der Waals surface area contributed by atoms with Gasteiger partial charge < -0.3 is 5.32 Å². The van der Waals surface area contributed by atoms with E-state index in [0.29, 0.717) is 5.25 Å². The number of aryl methyl sites for hydroxylation is 1. The zero-order valence-corrected chi connectivity index (χ0v) is 13.3. The van der Waals surface area contributed by atoms with Crippen LogP contribution in [0.4, 0.5) is 5.13 Å². The number of fused-ring (bicyclic) bond motifs is 1. The lowest BCUT2D eigenvalue weighted by atomic mass is 9.91. The molecule has 1 aliphatic rings. The molecule has 0 fully saturated rings. The molecule has 0 radical (unpaired) electrons. The molecule has 0 spiro atoms. The Balaban J connectivity index is 1.71. The Kier molecular flexibility index (Phi) is 4.58. The van der Waals surface area contributed by atoms with E-state index in [2.05, 4.69) is 46.7 Å². The maximum atomic E-state index is 4.31. The Bertz CT molecular complexity index is 568. The third-order valence-electron chi connectivity index (χ3n) is 3.49. The fourth-order valence-electron chi connectivity index (χ4n) is 2.51. The predicted octanol–water partition coefficient (Wildman–Crippen LogP) is 4.53. The van der Waals surface area contributed by atoms with E-state index in [9.17, 15) is 0 Å². The van der Waals surface area contributed by atoms with Crippen LogP contribution in [0.5, 0.6) is 0 Å². The van der Waals surface area contributed by atoms with Crippen molar-refractivity contribution in [3.05, 3.63) is 35.4 Å². The number of benzene rings is 1. The lowest BCUT2D eigenvalue weighted by molar-refractivity contribution is 0.673. The number of hydrogen-bond acceptors (Lipinski definition) is 5. The van der Waals surface area contributed by atoms with Gasteiger partial charge in [0.1, 0.15) is 0 Å². The normalized spacial score (nSPS) is 17.8. The maximum absolute atomic E-state index is 4.31. The maximum Gasteiger partial charge on any atom is 0.206 e. The SMILES string of the molecule is CCCNc1nnc(S[C@@H]2CCCc3ccccc32)s1. The van der Waals surface area contributed by atoms with Crippen molar-refractivity contribution in [2.24, 2.45) is 0 Å². The highest BCUT2D eigenvalue weighted by Crippen LogP contribution is 2.44. The Morgan fingerprint density at radius 1 is 1.35 bits per heavy atom. The Morgan fingerprint density at radius 2 is 2.25 bits per heavy atom. The van der Waals surface area contributed by atoms with E-state index >= 15 is 0 Å². The number of thioether (sulfide) groups is 1. The summed E-state index contributed by atoms with van der Waals surface area (Å²) < 4.78 is 1.07. The van der Waals surface area contributed by atoms with Crippen LogP contribution < -0.4 is 5.32 Å². The van der Waals surface area contributed by atoms with E-state index in [1.807, 2.05) is 11.8 Å². The second kappa shape index (κ2) is 6.59. The first-order valence-corrected chi connectivity index (χ1v) is 8.88. The lowest BCUT2D eigenvalue weighted by Gasteiger charge is -2.23. The Labute approximate surface area is 128 Å². The quantitative estimate of drug-likeness (QED) is 0.880. The molecule has 5 heteroatoms. The highest BCUT2D eigenvalue weighted by molar-refractivity contribution is 8.01. The summed E-state index contributed by atoms with van der Waals surface area (Å²) in [6.45, 7) is 3.12. The monoisotopic (exact) mass is 305 g/mol. The summed E-state index contributed by atoms with van der Waals surface area (Å²) in [5, 5.41) is 13.3. The molecule has 1 N–H and O–H groups in total. The van der Waals surface area contributed by atoms with E-state index in [1.165, 1.54) is 30.4 Å². The van der Waals surface area contributed by atoms with Crippen LogP contribution in [0.3, 0.4) is 0 Å². The number of nitrogens with one attached hydrogen (secondary N) is 1. The van der Waals surface area contributed by atoms with Crippen LogP contribution in [0.25, 0.3) is 0 Å². The molecule has 0 aliphatic heterocycles. The van der Waals surface area contributed by atoms with Crippen LogP contribution in [0.15, 0.2) is 28.6 Å². The standard InChI is InChI=1S/C15H19N3S2/c1-2-10-16-14-17-18-15(20-14)19-13-9-5-7-11-6-3-4-8-12(11)13/h3-4,6,8,13H,2,5,7,9-10H2,1H3,(H,16,17)/t13-/m1/s1. The van der Waals surface area contributed by atoms with Crippen LogP contribution in [0, 0.1) is 0 Å². The van der Waals surface area contributed by atoms with Gasteiger partial charge in [0, 0.05) is 11.8 Å². The predicted molar refractivity (Wildman–Crippen MR) is 86.7 cm³/mol. The highest BCUT2D eigenvalue weighted by Gasteiger charge is 2.22. The molecule has 0 saturated heterocycles. The van der Waals surface area contributed by atoms with Gasteiger partial charge in [-0.1, -0.05) is 54.3 Å². The van der Waals surface area contributed by atoms with E-state index in [0.717, 1.165) is 22.4 Å². The number of aromatic nitrogens is 2. The average Bonchev–Trinajstić information content (AvgIpc) is 2.93. The van der Waals surface area contributed by atoms with E-state index in [1.54, 1.807) is 11.3 Å². The van der Waals surface area contributed by atoms with E-state index in [4.69, 9.17) is 0 Å². The number of rotatable bonds is 5. The van der Waals surface area contributed by atoms with Gasteiger partial charge in [0.2, 0.25) is 5.13 Å². The van der Waals surface area contributed by atoms with Crippen molar-refractivity contribution in [1.82, 2.24) is 10.2 Å². The average molecular weight is 305 g/mol. The number of nitrogens with zero attached hydrogens (tertiary/aromatic N) is 2. The van der Waals surface area contributed by atoms with Crippen LogP contribution in [0.2, 0.25) is 0 Å². The molecule has 106 valence electrons. The van der Waals surface area contributed by atoms with Gasteiger partial charge in [0.15, 0.2) is 4.34 Å². The molecule has 0 saturated carbocycles. The van der Waals surface area contributed by atoms with Crippen molar-refractivity contribution >= 4 is 28.2 Å². The second-order valence-electron chi connectivity index (χ2n) is 5.00. The molecule has 2 aromatic rings. The molecule has 1 aromatic heterocycles. The number of hydrogen-bond donors (Lipinski definition) is 1. The largest absolute Gasteiger partial charge is 0.360 e. The molecular weight excluding hydrogens is 286 g/mol. The molecule has 0 bridgehead atoms. The van der Waals surface area contributed by atoms with Gasteiger partial charge in [0.25, 0.3) is 0 Å². The van der Waals surface area contributed by atoms with Crippen molar-refractivity contribution < 1.29 is 0 Å². The molecule has 0 unspecified atom stereocenters. The fourth-order valence-corrected chi connectivity index (χ4v) is 4.77. The minimum absolute atomic E-state index is 0.534. The first-order chi connectivity index (χ1) is 9.86. The third-order valence-corrected chi connectivity index (χ3v) is 5.76. The van der Waals surface area contributed by atoms with Gasteiger partial charge in [-0.05, 0) is 36.8 Å². The second-order valence-corrected chi connectivity index (χ2v) is 7.42. The molecule has 3 rings (SSSR count). The van der Waals surface area contributed by atoms with Gasteiger partial charge in [-0.2, -0.15) is 0 Å². The first kappa shape index (κ1) is 13.9. The van der Waals surface area contributed by atoms with Crippen LogP contribution in [-0.2, 0) is 6.42 Å². The van der Waals surface area contributed by atoms with Crippen molar-refractivity contribution in [3.8, 4) is 0 Å². The van der Waals surface area contributed by atoms with Crippen LogP contribution >= 0.6 is 23.1 Å². The van der Waals surface area contributed by atoms with Gasteiger partial charge in [0.05, 0.1) is 0 Å². The summed E-state index contributed by atoms with van der Waals surface area (Å²) in [5.74, 6) is 0. The molecule has 1 atom stereocenters. The topological polar surface area (TPSA) is 37.8 Å². The Hall–Kier alpha value is -1.07. The third kappa shape index (κ3) is 3.15. The molecule has 1 heterocycles. The Morgan fingerprint density at radius 3 is 3.15 bits per heavy atom. The minimum atomic E-state index is 0.534. The van der Waals surface area contributed by atoms with Gasteiger partial charge >= 0.3 is 0 Å². The van der Waals surface area contributed by atoms with E-state index < -0.39 is 0 Å². The molecule has 20 heavy (non-hydrogen) atoms. The van der Waals surface area contributed by atoms with Gasteiger partial charge in [-0.25, -0.2) is 0 Å². The zero-order chi connectivity index (χ0) is 13.8. The highest BCUT2D eigenvalue weighted by atomic mass is 32.2. The molecule has 0 amide bonds. The van der Waals surface area contributed by atoms with Crippen molar-refractivity contribution in [2.75, 3.05) is 11.9 Å². The summed E-state index contributed by atoms with van der Waals surface area (Å²) >= 11 is 3.54. The van der Waals surface area contributed by atoms with Crippen LogP contribution in [-0.4, -0.2) is 16.7 Å². The number of anilines is 1. The molecule has 1 aromatic carbocycles. The van der Waals surface area contributed by atoms with Crippen molar-refractivity contribution in [3.63, 3.8) is 0 Å². The first-order valence-electron chi connectivity index (χ1n) is 7.18. The summed E-state index contributed by atoms with van der Waals surface area (Å²) in [5.41, 5.74) is 2.99. The molecule has 1 aliphatic carbocycles.